The highest BCUT2D eigenvalue weighted by atomic mass is 32.2. The van der Waals surface area contributed by atoms with E-state index in [2.05, 4.69) is 15.4 Å². The average Bonchev–Trinajstić information content (AvgIpc) is 2.67. The van der Waals surface area contributed by atoms with E-state index in [9.17, 15) is 18.0 Å². The minimum absolute atomic E-state index is 0.0619. The van der Waals surface area contributed by atoms with Gasteiger partial charge in [-0.2, -0.15) is 0 Å². The zero-order valence-electron chi connectivity index (χ0n) is 17.8. The number of amides is 2. The standard InChI is InChI=1S/C22H29N3O4S/c1-15-6-9-19(10-7-15)20(25-18(4)26)14-22(27)23-11-12-24-30(28,29)21-13-16(2)5-8-17(21)3/h5-10,13,20,24H,11-12,14H2,1-4H3,(H,23,27)(H,25,26). The van der Waals surface area contributed by atoms with E-state index < -0.39 is 16.1 Å². The first-order valence-corrected chi connectivity index (χ1v) is 11.2. The van der Waals surface area contributed by atoms with Crippen LogP contribution in [0.4, 0.5) is 0 Å². The second kappa shape index (κ2) is 10.4. The van der Waals surface area contributed by atoms with Crippen molar-refractivity contribution in [2.75, 3.05) is 13.1 Å². The molecule has 3 N–H and O–H groups in total. The number of hydrogen-bond acceptors (Lipinski definition) is 4. The number of hydrogen-bond donors (Lipinski definition) is 3. The molecule has 7 nitrogen and oxygen atoms in total. The Morgan fingerprint density at radius 2 is 1.57 bits per heavy atom. The van der Waals surface area contributed by atoms with Crippen molar-refractivity contribution < 1.29 is 18.0 Å². The Balaban J connectivity index is 1.90. The van der Waals surface area contributed by atoms with Crippen LogP contribution in [-0.4, -0.2) is 33.3 Å². The highest BCUT2D eigenvalue weighted by molar-refractivity contribution is 7.89. The predicted molar refractivity (Wildman–Crippen MR) is 116 cm³/mol. The van der Waals surface area contributed by atoms with Crippen molar-refractivity contribution in [2.45, 2.75) is 45.1 Å². The molecule has 8 heteroatoms. The van der Waals surface area contributed by atoms with Crippen LogP contribution in [0.2, 0.25) is 0 Å². The van der Waals surface area contributed by atoms with Crippen LogP contribution >= 0.6 is 0 Å². The van der Waals surface area contributed by atoms with Gasteiger partial charge in [-0.05, 0) is 43.5 Å². The highest BCUT2D eigenvalue weighted by Crippen LogP contribution is 2.18. The number of aryl methyl sites for hydroxylation is 3. The molecule has 0 saturated carbocycles. The molecule has 0 aliphatic carbocycles. The van der Waals surface area contributed by atoms with E-state index >= 15 is 0 Å². The Morgan fingerprint density at radius 1 is 0.933 bits per heavy atom. The molecule has 1 atom stereocenters. The Labute approximate surface area is 178 Å². The minimum atomic E-state index is -3.66. The van der Waals surface area contributed by atoms with Crippen molar-refractivity contribution in [2.24, 2.45) is 0 Å². The van der Waals surface area contributed by atoms with Crippen molar-refractivity contribution in [3.05, 3.63) is 64.7 Å². The monoisotopic (exact) mass is 431 g/mol. The molecule has 0 radical (unpaired) electrons. The first-order valence-electron chi connectivity index (χ1n) is 9.76. The molecule has 2 rings (SSSR count). The summed E-state index contributed by atoms with van der Waals surface area (Å²) in [7, 11) is -3.66. The van der Waals surface area contributed by atoms with Crippen LogP contribution in [0.25, 0.3) is 0 Å². The molecule has 0 bridgehead atoms. The van der Waals surface area contributed by atoms with Crippen molar-refractivity contribution in [3.63, 3.8) is 0 Å². The topological polar surface area (TPSA) is 104 Å². The van der Waals surface area contributed by atoms with Crippen molar-refractivity contribution in [3.8, 4) is 0 Å². The molecular formula is C22H29N3O4S. The Bertz CT molecular complexity index is 1000. The van der Waals surface area contributed by atoms with Gasteiger partial charge in [-0.3, -0.25) is 9.59 Å². The first-order chi connectivity index (χ1) is 14.1. The van der Waals surface area contributed by atoms with E-state index in [1.54, 1.807) is 19.1 Å². The van der Waals surface area contributed by atoms with Gasteiger partial charge in [-0.15, -0.1) is 0 Å². The molecule has 0 aromatic heterocycles. The quantitative estimate of drug-likeness (QED) is 0.530. The molecule has 30 heavy (non-hydrogen) atoms. The zero-order chi connectivity index (χ0) is 22.3. The molecule has 0 aliphatic rings. The number of rotatable bonds is 9. The molecule has 0 spiro atoms. The Morgan fingerprint density at radius 3 is 2.20 bits per heavy atom. The van der Waals surface area contributed by atoms with Gasteiger partial charge in [0.15, 0.2) is 0 Å². The number of nitrogens with one attached hydrogen (secondary N) is 3. The van der Waals surface area contributed by atoms with E-state index in [1.807, 2.05) is 44.2 Å². The van der Waals surface area contributed by atoms with Gasteiger partial charge in [-0.25, -0.2) is 13.1 Å². The van der Waals surface area contributed by atoms with Gasteiger partial charge in [0.25, 0.3) is 0 Å². The number of carbonyl (C=O) groups is 2. The lowest BCUT2D eigenvalue weighted by atomic mass is 10.0. The molecule has 0 fully saturated rings. The smallest absolute Gasteiger partial charge is 0.240 e. The van der Waals surface area contributed by atoms with Gasteiger partial charge < -0.3 is 10.6 Å². The van der Waals surface area contributed by atoms with Gasteiger partial charge in [0, 0.05) is 20.0 Å². The molecular weight excluding hydrogens is 402 g/mol. The van der Waals surface area contributed by atoms with E-state index in [-0.39, 0.29) is 36.2 Å². The summed E-state index contributed by atoms with van der Waals surface area (Å²) in [4.78, 5) is 24.1. The van der Waals surface area contributed by atoms with Gasteiger partial charge in [0.1, 0.15) is 0 Å². The molecule has 0 heterocycles. The van der Waals surface area contributed by atoms with Gasteiger partial charge in [-0.1, -0.05) is 42.0 Å². The number of carbonyl (C=O) groups excluding carboxylic acids is 2. The summed E-state index contributed by atoms with van der Waals surface area (Å²) >= 11 is 0. The third-order valence-corrected chi connectivity index (χ3v) is 6.22. The third kappa shape index (κ3) is 6.96. The van der Waals surface area contributed by atoms with Gasteiger partial charge in [0.05, 0.1) is 17.4 Å². The normalized spacial score (nSPS) is 12.3. The maximum Gasteiger partial charge on any atom is 0.240 e. The van der Waals surface area contributed by atoms with Gasteiger partial charge >= 0.3 is 0 Å². The van der Waals surface area contributed by atoms with Crippen LogP contribution in [0, 0.1) is 20.8 Å². The summed E-state index contributed by atoms with van der Waals surface area (Å²) in [6.07, 6.45) is 0.0619. The second-order valence-electron chi connectivity index (χ2n) is 7.38. The fraction of sp³-hybridized carbons (Fsp3) is 0.364. The molecule has 2 aromatic carbocycles. The van der Waals surface area contributed by atoms with Crippen molar-refractivity contribution in [1.29, 1.82) is 0 Å². The van der Waals surface area contributed by atoms with Crippen LogP contribution in [0.3, 0.4) is 0 Å². The lowest BCUT2D eigenvalue weighted by Gasteiger charge is -2.18. The molecule has 1 unspecified atom stereocenters. The van der Waals surface area contributed by atoms with Crippen LogP contribution in [0.1, 0.15) is 41.6 Å². The van der Waals surface area contributed by atoms with Crippen LogP contribution in [0.15, 0.2) is 47.4 Å². The molecule has 2 amide bonds. The Kier molecular flexibility index (Phi) is 8.14. The van der Waals surface area contributed by atoms with Crippen molar-refractivity contribution >= 4 is 21.8 Å². The summed E-state index contributed by atoms with van der Waals surface area (Å²) in [6.45, 7) is 7.14. The average molecular weight is 432 g/mol. The lowest BCUT2D eigenvalue weighted by molar-refractivity contribution is -0.122. The van der Waals surface area contributed by atoms with Crippen LogP contribution in [0.5, 0.6) is 0 Å². The summed E-state index contributed by atoms with van der Waals surface area (Å²) in [5.41, 5.74) is 3.44. The number of benzene rings is 2. The summed E-state index contributed by atoms with van der Waals surface area (Å²) < 4.78 is 27.5. The minimum Gasteiger partial charge on any atom is -0.355 e. The van der Waals surface area contributed by atoms with E-state index in [4.69, 9.17) is 0 Å². The molecule has 0 aliphatic heterocycles. The lowest BCUT2D eigenvalue weighted by Crippen LogP contribution is -2.37. The Hall–Kier alpha value is -2.71. The summed E-state index contributed by atoms with van der Waals surface area (Å²) in [6, 6.07) is 12.4. The van der Waals surface area contributed by atoms with E-state index in [0.717, 1.165) is 16.7 Å². The molecule has 2 aromatic rings. The fourth-order valence-corrected chi connectivity index (χ4v) is 4.38. The predicted octanol–water partition coefficient (Wildman–Crippen LogP) is 2.27. The SMILES string of the molecule is CC(=O)NC(CC(=O)NCCNS(=O)(=O)c1cc(C)ccc1C)c1ccc(C)cc1. The number of sulfonamides is 1. The van der Waals surface area contributed by atoms with Crippen LogP contribution < -0.4 is 15.4 Å². The molecule has 0 saturated heterocycles. The summed E-state index contributed by atoms with van der Waals surface area (Å²) in [5, 5.41) is 5.48. The van der Waals surface area contributed by atoms with Gasteiger partial charge in [0.2, 0.25) is 21.8 Å². The van der Waals surface area contributed by atoms with E-state index in [0.29, 0.717) is 5.56 Å². The maximum atomic E-state index is 12.5. The fourth-order valence-electron chi connectivity index (χ4n) is 3.02. The van der Waals surface area contributed by atoms with E-state index in [1.165, 1.54) is 6.92 Å². The first kappa shape index (κ1) is 23.6. The van der Waals surface area contributed by atoms with Crippen molar-refractivity contribution in [1.82, 2.24) is 15.4 Å². The zero-order valence-corrected chi connectivity index (χ0v) is 18.6. The van der Waals surface area contributed by atoms with Crippen LogP contribution in [-0.2, 0) is 19.6 Å². The maximum absolute atomic E-state index is 12.5. The third-order valence-electron chi connectivity index (χ3n) is 4.62. The highest BCUT2D eigenvalue weighted by Gasteiger charge is 2.18. The summed E-state index contributed by atoms with van der Waals surface area (Å²) in [5.74, 6) is -0.505. The molecule has 162 valence electrons. The largest absolute Gasteiger partial charge is 0.355 e. The second-order valence-corrected chi connectivity index (χ2v) is 9.12.